The van der Waals surface area contributed by atoms with Crippen molar-refractivity contribution in [2.45, 2.75) is 57.7 Å². The van der Waals surface area contributed by atoms with E-state index in [0.29, 0.717) is 12.8 Å². The molecule has 1 aromatic rings. The fourth-order valence-electron chi connectivity index (χ4n) is 2.58. The molecule has 1 aliphatic heterocycles. The summed E-state index contributed by atoms with van der Waals surface area (Å²) < 4.78 is 10.5. The van der Waals surface area contributed by atoms with E-state index < -0.39 is 23.7 Å². The topological polar surface area (TPSA) is 93.7 Å². The van der Waals surface area contributed by atoms with Gasteiger partial charge in [-0.3, -0.25) is 4.79 Å². The zero-order valence-corrected chi connectivity index (χ0v) is 15.4. The van der Waals surface area contributed by atoms with E-state index in [-0.39, 0.29) is 25.0 Å². The molecule has 2 rings (SSSR count). The van der Waals surface area contributed by atoms with Gasteiger partial charge in [-0.25, -0.2) is 9.59 Å². The van der Waals surface area contributed by atoms with Crippen molar-refractivity contribution in [3.05, 3.63) is 35.9 Å². The van der Waals surface area contributed by atoms with E-state index in [1.165, 1.54) is 0 Å². The molecule has 0 aliphatic carbocycles. The van der Waals surface area contributed by atoms with E-state index in [1.54, 1.807) is 20.8 Å². The molecule has 26 heavy (non-hydrogen) atoms. The predicted molar refractivity (Wildman–Crippen MR) is 95.4 cm³/mol. The van der Waals surface area contributed by atoms with E-state index in [9.17, 15) is 14.4 Å². The SMILES string of the molecule is CC(C)(C)OC(=O)N[C@@H](Cc1ccccc1)C(=O)OC[C@H]1CCC(=O)N1. The van der Waals surface area contributed by atoms with Gasteiger partial charge < -0.3 is 20.1 Å². The van der Waals surface area contributed by atoms with Crippen molar-refractivity contribution in [1.29, 1.82) is 0 Å². The van der Waals surface area contributed by atoms with Crippen molar-refractivity contribution in [2.24, 2.45) is 0 Å². The van der Waals surface area contributed by atoms with E-state index in [1.807, 2.05) is 30.3 Å². The van der Waals surface area contributed by atoms with Crippen molar-refractivity contribution in [3.63, 3.8) is 0 Å². The van der Waals surface area contributed by atoms with Crippen LogP contribution in [0.1, 0.15) is 39.2 Å². The van der Waals surface area contributed by atoms with Crippen LogP contribution in [0.4, 0.5) is 4.79 Å². The molecule has 0 radical (unpaired) electrons. The van der Waals surface area contributed by atoms with Crippen LogP contribution in [0.15, 0.2) is 30.3 Å². The number of carbonyl (C=O) groups excluding carboxylic acids is 3. The second-order valence-electron chi connectivity index (χ2n) is 7.32. The second-order valence-corrected chi connectivity index (χ2v) is 7.32. The third-order valence-electron chi connectivity index (χ3n) is 3.77. The Balaban J connectivity index is 1.97. The van der Waals surface area contributed by atoms with Gasteiger partial charge in [0.15, 0.2) is 0 Å². The van der Waals surface area contributed by atoms with Gasteiger partial charge in [-0.1, -0.05) is 30.3 Å². The summed E-state index contributed by atoms with van der Waals surface area (Å²) in [6.07, 6.45) is 0.682. The molecule has 142 valence electrons. The van der Waals surface area contributed by atoms with Crippen LogP contribution in [0, 0.1) is 0 Å². The lowest BCUT2D eigenvalue weighted by Gasteiger charge is -2.23. The van der Waals surface area contributed by atoms with Crippen LogP contribution in [-0.4, -0.2) is 42.3 Å². The second kappa shape index (κ2) is 8.69. The third-order valence-corrected chi connectivity index (χ3v) is 3.77. The number of alkyl carbamates (subject to hydrolysis) is 1. The molecule has 0 bridgehead atoms. The predicted octanol–water partition coefficient (Wildman–Crippen LogP) is 1.94. The van der Waals surface area contributed by atoms with E-state index in [4.69, 9.17) is 9.47 Å². The molecule has 1 saturated heterocycles. The standard InChI is InChI=1S/C19H26N2O5/c1-19(2,3)26-18(24)21-15(11-13-7-5-4-6-8-13)17(23)25-12-14-9-10-16(22)20-14/h4-8,14-15H,9-12H2,1-3H3,(H,20,22)(H,21,24)/t14-,15+/m1/s1. The molecule has 0 aromatic heterocycles. The Bertz CT molecular complexity index is 639. The summed E-state index contributed by atoms with van der Waals surface area (Å²) in [5.41, 5.74) is 0.221. The highest BCUT2D eigenvalue weighted by Crippen LogP contribution is 2.11. The highest BCUT2D eigenvalue weighted by Gasteiger charge is 2.28. The first-order valence-corrected chi connectivity index (χ1v) is 8.72. The summed E-state index contributed by atoms with van der Waals surface area (Å²) >= 11 is 0. The fourth-order valence-corrected chi connectivity index (χ4v) is 2.58. The Labute approximate surface area is 153 Å². The molecule has 0 unspecified atom stereocenters. The maximum absolute atomic E-state index is 12.5. The number of rotatable bonds is 6. The molecule has 2 atom stereocenters. The van der Waals surface area contributed by atoms with Crippen LogP contribution in [0.2, 0.25) is 0 Å². The summed E-state index contributed by atoms with van der Waals surface area (Å²) in [4.78, 5) is 35.8. The van der Waals surface area contributed by atoms with Crippen molar-refractivity contribution in [2.75, 3.05) is 6.61 Å². The lowest BCUT2D eigenvalue weighted by molar-refractivity contribution is -0.147. The number of hydrogen-bond acceptors (Lipinski definition) is 5. The third kappa shape index (κ3) is 6.74. The summed E-state index contributed by atoms with van der Waals surface area (Å²) in [7, 11) is 0. The zero-order valence-electron chi connectivity index (χ0n) is 15.4. The van der Waals surface area contributed by atoms with Gasteiger partial charge >= 0.3 is 12.1 Å². The molecule has 1 heterocycles. The van der Waals surface area contributed by atoms with Gasteiger partial charge in [0.25, 0.3) is 0 Å². The molecular formula is C19H26N2O5. The average Bonchev–Trinajstić information content (AvgIpc) is 2.96. The number of nitrogens with one attached hydrogen (secondary N) is 2. The number of esters is 1. The van der Waals surface area contributed by atoms with Crippen molar-refractivity contribution >= 4 is 18.0 Å². The molecule has 7 nitrogen and oxygen atoms in total. The van der Waals surface area contributed by atoms with Crippen molar-refractivity contribution in [1.82, 2.24) is 10.6 Å². The first-order valence-electron chi connectivity index (χ1n) is 8.72. The molecule has 0 spiro atoms. The summed E-state index contributed by atoms with van der Waals surface area (Å²) in [5, 5.41) is 5.32. The minimum absolute atomic E-state index is 0.0428. The molecule has 2 N–H and O–H groups in total. The summed E-state index contributed by atoms with van der Waals surface area (Å²) in [6.45, 7) is 5.34. The Morgan fingerprint density at radius 2 is 1.96 bits per heavy atom. The first kappa shape index (κ1) is 19.8. The molecule has 1 aliphatic rings. The van der Waals surface area contributed by atoms with E-state index in [0.717, 1.165) is 5.56 Å². The lowest BCUT2D eigenvalue weighted by Crippen LogP contribution is -2.46. The van der Waals surface area contributed by atoms with Crippen LogP contribution >= 0.6 is 0 Å². The van der Waals surface area contributed by atoms with Gasteiger partial charge in [0.2, 0.25) is 5.91 Å². The van der Waals surface area contributed by atoms with E-state index >= 15 is 0 Å². The highest BCUT2D eigenvalue weighted by atomic mass is 16.6. The Kier molecular flexibility index (Phi) is 6.60. The van der Waals surface area contributed by atoms with Crippen molar-refractivity contribution in [3.8, 4) is 0 Å². The Morgan fingerprint density at radius 3 is 2.54 bits per heavy atom. The molecule has 1 fully saturated rings. The summed E-state index contributed by atoms with van der Waals surface area (Å²) in [6, 6.07) is 8.29. The first-order chi connectivity index (χ1) is 12.2. The Hall–Kier alpha value is -2.57. The number of carbonyl (C=O) groups is 3. The van der Waals surface area contributed by atoms with Crippen molar-refractivity contribution < 1.29 is 23.9 Å². The van der Waals surface area contributed by atoms with Gasteiger partial charge in [-0.15, -0.1) is 0 Å². The van der Waals surface area contributed by atoms with Crippen LogP contribution in [0.5, 0.6) is 0 Å². The summed E-state index contributed by atoms with van der Waals surface area (Å²) in [5.74, 6) is -0.598. The highest BCUT2D eigenvalue weighted by molar-refractivity contribution is 5.82. The maximum atomic E-state index is 12.5. The molecule has 0 saturated carbocycles. The fraction of sp³-hybridized carbons (Fsp3) is 0.526. The number of amides is 2. The number of benzene rings is 1. The van der Waals surface area contributed by atoms with Crippen LogP contribution in [0.3, 0.4) is 0 Å². The number of hydrogen-bond donors (Lipinski definition) is 2. The van der Waals surface area contributed by atoms with Gasteiger partial charge in [0, 0.05) is 12.8 Å². The minimum Gasteiger partial charge on any atom is -0.462 e. The smallest absolute Gasteiger partial charge is 0.408 e. The minimum atomic E-state index is -0.871. The van der Waals surface area contributed by atoms with Crippen LogP contribution in [0.25, 0.3) is 0 Å². The van der Waals surface area contributed by atoms with Gasteiger partial charge in [0.1, 0.15) is 18.2 Å². The quantitative estimate of drug-likeness (QED) is 0.755. The number of ether oxygens (including phenoxy) is 2. The van der Waals surface area contributed by atoms with Gasteiger partial charge in [0.05, 0.1) is 6.04 Å². The maximum Gasteiger partial charge on any atom is 0.408 e. The van der Waals surface area contributed by atoms with Crippen LogP contribution < -0.4 is 10.6 Å². The molecule has 7 heteroatoms. The van der Waals surface area contributed by atoms with E-state index in [2.05, 4.69) is 10.6 Å². The van der Waals surface area contributed by atoms with Gasteiger partial charge in [-0.05, 0) is 32.8 Å². The normalized spacial score (nSPS) is 18.0. The largest absolute Gasteiger partial charge is 0.462 e. The zero-order chi connectivity index (χ0) is 19.2. The monoisotopic (exact) mass is 362 g/mol. The van der Waals surface area contributed by atoms with Crippen LogP contribution in [-0.2, 0) is 25.5 Å². The molecule has 1 aromatic carbocycles. The lowest BCUT2D eigenvalue weighted by atomic mass is 10.1. The van der Waals surface area contributed by atoms with Gasteiger partial charge in [-0.2, -0.15) is 0 Å². The molecule has 2 amide bonds. The average molecular weight is 362 g/mol. The molecular weight excluding hydrogens is 336 g/mol. The Morgan fingerprint density at radius 1 is 1.27 bits per heavy atom.